The quantitative estimate of drug-likeness (QED) is 0.589. The molecule has 0 unspecified atom stereocenters. The van der Waals surface area contributed by atoms with Crippen LogP contribution in [-0.4, -0.2) is 52.8 Å². The molecule has 28 heavy (non-hydrogen) atoms. The van der Waals surface area contributed by atoms with Gasteiger partial charge in [0.1, 0.15) is 0 Å². The maximum Gasteiger partial charge on any atom is 0.290 e. The maximum atomic E-state index is 13.1. The van der Waals surface area contributed by atoms with Crippen molar-refractivity contribution >= 4 is 39.0 Å². The van der Waals surface area contributed by atoms with Gasteiger partial charge in [0.05, 0.1) is 16.5 Å². The van der Waals surface area contributed by atoms with E-state index in [1.165, 1.54) is 11.3 Å². The Bertz CT molecular complexity index is 874. The number of aliphatic hydroxyl groups is 1. The number of ketones is 1. The van der Waals surface area contributed by atoms with Crippen molar-refractivity contribution in [3.8, 4) is 0 Å². The van der Waals surface area contributed by atoms with Crippen LogP contribution in [0, 0.1) is 0 Å². The lowest BCUT2D eigenvalue weighted by molar-refractivity contribution is -0.129. The van der Waals surface area contributed by atoms with Crippen LogP contribution in [-0.2, 0) is 4.79 Å². The summed E-state index contributed by atoms with van der Waals surface area (Å²) >= 11 is 4.73. The average molecular weight is 463 g/mol. The lowest BCUT2D eigenvalue weighted by Gasteiger charge is -2.29. The summed E-state index contributed by atoms with van der Waals surface area (Å²) in [5.74, 6) is -1.22. The Morgan fingerprint density at radius 3 is 2.46 bits per heavy atom. The van der Waals surface area contributed by atoms with Gasteiger partial charge in [-0.15, -0.1) is 11.3 Å². The molecule has 5 nitrogen and oxygen atoms in total. The average Bonchev–Trinajstić information content (AvgIpc) is 3.32. The number of likely N-dealkylation sites (N-methyl/N-ethyl adjacent to an activating group) is 1. The Balaban J connectivity index is 1.99. The number of benzene rings is 1. The highest BCUT2D eigenvalue weighted by Crippen LogP contribution is 2.39. The number of hydrogen-bond acceptors (Lipinski definition) is 5. The van der Waals surface area contributed by atoms with Crippen LogP contribution in [0.3, 0.4) is 0 Å². The first-order valence-corrected chi connectivity index (χ1v) is 10.9. The smallest absolute Gasteiger partial charge is 0.290 e. The highest BCUT2D eigenvalue weighted by Gasteiger charge is 2.43. The topological polar surface area (TPSA) is 60.9 Å². The third kappa shape index (κ3) is 4.06. The number of rotatable bonds is 8. The van der Waals surface area contributed by atoms with Crippen LogP contribution in [0.5, 0.6) is 0 Å². The molecular formula is C21H23BrN2O3S. The molecule has 0 saturated heterocycles. The molecule has 0 spiro atoms. The lowest BCUT2D eigenvalue weighted by atomic mass is 9.95. The molecule has 1 atom stereocenters. The number of amides is 1. The largest absolute Gasteiger partial charge is 0.503 e. The Morgan fingerprint density at radius 2 is 1.89 bits per heavy atom. The minimum Gasteiger partial charge on any atom is -0.503 e. The first-order valence-electron chi connectivity index (χ1n) is 9.28. The summed E-state index contributed by atoms with van der Waals surface area (Å²) in [5.41, 5.74) is 0.967. The fraction of sp³-hybridized carbons (Fsp3) is 0.333. The van der Waals surface area contributed by atoms with Crippen molar-refractivity contribution in [2.45, 2.75) is 19.9 Å². The molecule has 7 heteroatoms. The van der Waals surface area contributed by atoms with E-state index in [0.29, 0.717) is 18.0 Å². The second-order valence-corrected chi connectivity index (χ2v) is 8.41. The second kappa shape index (κ2) is 9.03. The zero-order valence-corrected chi connectivity index (χ0v) is 18.3. The Kier molecular flexibility index (Phi) is 6.69. The molecule has 1 amide bonds. The summed E-state index contributed by atoms with van der Waals surface area (Å²) in [5, 5.41) is 12.4. The molecule has 0 saturated carbocycles. The fourth-order valence-electron chi connectivity index (χ4n) is 3.44. The van der Waals surface area contributed by atoms with Crippen LogP contribution < -0.4 is 0 Å². The highest BCUT2D eigenvalue weighted by molar-refractivity contribution is 9.10. The van der Waals surface area contributed by atoms with E-state index in [2.05, 4.69) is 34.7 Å². The van der Waals surface area contributed by atoms with Crippen molar-refractivity contribution in [3.05, 3.63) is 68.0 Å². The standard InChI is InChI=1S/C21H23BrN2O3S/c1-3-23(4-2)11-12-24-18(14-7-9-15(22)10-8-14)17(20(26)21(24)27)19(25)16-6-5-13-28-16/h5-10,13,18,26H,3-4,11-12H2,1-2H3/t18-/m1/s1. The lowest BCUT2D eigenvalue weighted by Crippen LogP contribution is -2.38. The van der Waals surface area contributed by atoms with Gasteiger partial charge in [-0.1, -0.05) is 48.0 Å². The molecule has 0 aliphatic carbocycles. The normalized spacial score (nSPS) is 17.1. The van der Waals surface area contributed by atoms with E-state index >= 15 is 0 Å². The molecule has 1 aliphatic heterocycles. The predicted molar refractivity (Wildman–Crippen MR) is 115 cm³/mol. The van der Waals surface area contributed by atoms with Gasteiger partial charge in [0.2, 0.25) is 5.78 Å². The fourth-order valence-corrected chi connectivity index (χ4v) is 4.38. The SMILES string of the molecule is CCN(CC)CCN1C(=O)C(O)=C(C(=O)c2cccs2)[C@H]1c1ccc(Br)cc1. The van der Waals surface area contributed by atoms with Gasteiger partial charge < -0.3 is 14.9 Å². The summed E-state index contributed by atoms with van der Waals surface area (Å²) in [7, 11) is 0. The van der Waals surface area contributed by atoms with Crippen LogP contribution in [0.25, 0.3) is 0 Å². The molecule has 2 heterocycles. The van der Waals surface area contributed by atoms with Gasteiger partial charge >= 0.3 is 0 Å². The molecular weight excluding hydrogens is 440 g/mol. The van der Waals surface area contributed by atoms with Gasteiger partial charge in [0.15, 0.2) is 5.76 Å². The number of carbonyl (C=O) groups excluding carboxylic acids is 2. The van der Waals surface area contributed by atoms with Crippen LogP contribution >= 0.6 is 27.3 Å². The maximum absolute atomic E-state index is 13.1. The molecule has 1 N–H and O–H groups in total. The number of Topliss-reactive ketones (excluding diaryl/α,β-unsaturated/α-hetero) is 1. The molecule has 1 aliphatic rings. The van der Waals surface area contributed by atoms with E-state index in [4.69, 9.17) is 0 Å². The van der Waals surface area contributed by atoms with Gasteiger partial charge in [0, 0.05) is 17.6 Å². The number of carbonyl (C=O) groups is 2. The van der Waals surface area contributed by atoms with Crippen LogP contribution in [0.15, 0.2) is 57.6 Å². The molecule has 3 rings (SSSR count). The van der Waals surface area contributed by atoms with E-state index in [1.807, 2.05) is 29.6 Å². The molecule has 1 aromatic carbocycles. The number of thiophene rings is 1. The van der Waals surface area contributed by atoms with E-state index in [-0.39, 0.29) is 11.4 Å². The third-order valence-electron chi connectivity index (χ3n) is 5.03. The second-order valence-electron chi connectivity index (χ2n) is 6.55. The number of nitrogens with zero attached hydrogens (tertiary/aromatic N) is 2. The number of hydrogen-bond donors (Lipinski definition) is 1. The molecule has 2 aromatic rings. The minimum absolute atomic E-state index is 0.161. The van der Waals surface area contributed by atoms with E-state index in [9.17, 15) is 14.7 Å². The Hall–Kier alpha value is -1.96. The first-order chi connectivity index (χ1) is 13.5. The van der Waals surface area contributed by atoms with E-state index < -0.39 is 17.7 Å². The summed E-state index contributed by atoms with van der Waals surface area (Å²) in [4.78, 5) is 30.3. The predicted octanol–water partition coefficient (Wildman–Crippen LogP) is 4.43. The Morgan fingerprint density at radius 1 is 1.21 bits per heavy atom. The van der Waals surface area contributed by atoms with Crippen molar-refractivity contribution < 1.29 is 14.7 Å². The zero-order valence-electron chi connectivity index (χ0n) is 15.9. The van der Waals surface area contributed by atoms with Crippen LogP contribution in [0.1, 0.15) is 35.1 Å². The first kappa shape index (κ1) is 20.8. The number of halogens is 1. The van der Waals surface area contributed by atoms with Gasteiger partial charge in [-0.2, -0.15) is 0 Å². The van der Waals surface area contributed by atoms with E-state index in [0.717, 1.165) is 23.1 Å². The van der Waals surface area contributed by atoms with E-state index in [1.54, 1.807) is 17.0 Å². The van der Waals surface area contributed by atoms with Gasteiger partial charge in [-0.05, 0) is 42.2 Å². The Labute approximate surface area is 177 Å². The van der Waals surface area contributed by atoms with Gasteiger partial charge in [-0.25, -0.2) is 0 Å². The summed E-state index contributed by atoms with van der Waals surface area (Å²) in [6.07, 6.45) is 0. The van der Waals surface area contributed by atoms with Gasteiger partial charge in [0.25, 0.3) is 5.91 Å². The third-order valence-corrected chi connectivity index (χ3v) is 6.43. The monoisotopic (exact) mass is 462 g/mol. The highest BCUT2D eigenvalue weighted by atomic mass is 79.9. The van der Waals surface area contributed by atoms with Crippen molar-refractivity contribution in [2.24, 2.45) is 0 Å². The molecule has 1 aromatic heterocycles. The molecule has 0 fully saturated rings. The number of aliphatic hydroxyl groups excluding tert-OH is 1. The zero-order chi connectivity index (χ0) is 20.3. The van der Waals surface area contributed by atoms with Crippen LogP contribution in [0.4, 0.5) is 0 Å². The van der Waals surface area contributed by atoms with Crippen molar-refractivity contribution in [2.75, 3.05) is 26.2 Å². The van der Waals surface area contributed by atoms with Crippen LogP contribution in [0.2, 0.25) is 0 Å². The summed E-state index contributed by atoms with van der Waals surface area (Å²) in [6.45, 7) is 7.02. The van der Waals surface area contributed by atoms with Crippen molar-refractivity contribution in [1.82, 2.24) is 9.80 Å². The van der Waals surface area contributed by atoms with Crippen molar-refractivity contribution in [1.29, 1.82) is 0 Å². The summed E-state index contributed by atoms with van der Waals surface area (Å²) < 4.78 is 0.912. The molecule has 148 valence electrons. The van der Waals surface area contributed by atoms with Gasteiger partial charge in [-0.3, -0.25) is 9.59 Å². The van der Waals surface area contributed by atoms with Crippen molar-refractivity contribution in [3.63, 3.8) is 0 Å². The molecule has 0 radical (unpaired) electrons. The molecule has 0 bridgehead atoms. The summed E-state index contributed by atoms with van der Waals surface area (Å²) in [6, 6.07) is 10.4. The minimum atomic E-state index is -0.592.